The number of nitrogens with zero attached hydrogens (tertiary/aromatic N) is 2. The second-order valence-corrected chi connectivity index (χ2v) is 9.54. The van der Waals surface area contributed by atoms with Gasteiger partial charge in [-0.05, 0) is 69.6 Å². The smallest absolute Gasteiger partial charge is 0.0766 e. The Morgan fingerprint density at radius 1 is 0.588 bits per heavy atom. The van der Waals surface area contributed by atoms with Crippen molar-refractivity contribution >= 4 is 34.0 Å². The summed E-state index contributed by atoms with van der Waals surface area (Å²) in [4.78, 5) is 10.1. The number of rotatable bonds is 3. The van der Waals surface area contributed by atoms with Gasteiger partial charge in [-0.2, -0.15) is 0 Å². The van der Waals surface area contributed by atoms with Gasteiger partial charge in [-0.3, -0.25) is 4.99 Å². The molecule has 1 aliphatic rings. The van der Waals surface area contributed by atoms with Crippen LogP contribution in [0.4, 0.5) is 5.69 Å². The number of aromatic nitrogens is 1. The number of halogens is 1. The Bertz CT molecular complexity index is 1540. The summed E-state index contributed by atoms with van der Waals surface area (Å²) in [6.45, 7) is 0. The molecule has 6 rings (SSSR count). The number of aliphatic imine (C=N–C) groups is 1. The highest BCUT2D eigenvalue weighted by molar-refractivity contribution is 14.1. The fraction of sp³-hybridized carbons (Fsp3) is 0.0323. The summed E-state index contributed by atoms with van der Waals surface area (Å²) in [5, 5.41) is 0. The lowest BCUT2D eigenvalue weighted by molar-refractivity contribution is 1.26. The van der Waals surface area contributed by atoms with E-state index in [4.69, 9.17) is 9.98 Å². The third-order valence-corrected chi connectivity index (χ3v) is 7.13. The van der Waals surface area contributed by atoms with Crippen LogP contribution in [0, 0.1) is 3.57 Å². The molecule has 4 aromatic carbocycles. The zero-order valence-electron chi connectivity index (χ0n) is 18.4. The second kappa shape index (κ2) is 8.99. The van der Waals surface area contributed by atoms with Crippen LogP contribution in [0.5, 0.6) is 0 Å². The Labute approximate surface area is 213 Å². The monoisotopic (exact) mass is 548 g/mol. The minimum absolute atomic E-state index is 0.829. The van der Waals surface area contributed by atoms with E-state index in [1.807, 2.05) is 24.3 Å². The Balaban J connectivity index is 1.49. The van der Waals surface area contributed by atoms with Gasteiger partial charge in [-0.25, -0.2) is 4.98 Å². The number of pyridine rings is 1. The van der Waals surface area contributed by atoms with Crippen molar-refractivity contribution in [2.75, 3.05) is 0 Å². The van der Waals surface area contributed by atoms with Crippen molar-refractivity contribution in [3.05, 3.63) is 130 Å². The Morgan fingerprint density at radius 2 is 1.32 bits per heavy atom. The normalized spacial score (nSPS) is 13.4. The van der Waals surface area contributed by atoms with Gasteiger partial charge < -0.3 is 0 Å². The summed E-state index contributed by atoms with van der Waals surface area (Å²) in [6, 6.07) is 40.2. The molecule has 0 spiro atoms. The summed E-state index contributed by atoms with van der Waals surface area (Å²) < 4.78 is 1.16. The number of hydrogen-bond acceptors (Lipinski definition) is 2. The van der Waals surface area contributed by atoms with Crippen LogP contribution in [-0.4, -0.2) is 10.7 Å². The largest absolute Gasteiger partial charge is 0.251 e. The van der Waals surface area contributed by atoms with E-state index in [-0.39, 0.29) is 0 Å². The number of para-hydroxylation sites is 1. The molecule has 0 bridgehead atoms. The van der Waals surface area contributed by atoms with Crippen LogP contribution >= 0.6 is 22.6 Å². The molecule has 162 valence electrons. The summed E-state index contributed by atoms with van der Waals surface area (Å²) in [7, 11) is 0. The van der Waals surface area contributed by atoms with Crippen molar-refractivity contribution < 1.29 is 0 Å². The van der Waals surface area contributed by atoms with E-state index < -0.39 is 0 Å². The van der Waals surface area contributed by atoms with Crippen LogP contribution in [-0.2, 0) is 6.42 Å². The van der Waals surface area contributed by atoms with Gasteiger partial charge in [0.25, 0.3) is 0 Å². The Kier molecular flexibility index (Phi) is 5.55. The third kappa shape index (κ3) is 3.97. The van der Waals surface area contributed by atoms with E-state index in [1.54, 1.807) is 0 Å². The molecule has 0 aliphatic heterocycles. The predicted molar refractivity (Wildman–Crippen MR) is 150 cm³/mol. The second-order valence-electron chi connectivity index (χ2n) is 8.38. The van der Waals surface area contributed by atoms with Gasteiger partial charge in [-0.15, -0.1) is 0 Å². The van der Waals surface area contributed by atoms with Gasteiger partial charge in [0.15, 0.2) is 0 Å². The van der Waals surface area contributed by atoms with Crippen molar-refractivity contribution in [2.24, 2.45) is 4.99 Å². The third-order valence-electron chi connectivity index (χ3n) is 6.22. The van der Waals surface area contributed by atoms with Gasteiger partial charge >= 0.3 is 0 Å². The number of fused-ring (bicyclic) bond motifs is 3. The highest BCUT2D eigenvalue weighted by atomic mass is 127. The molecule has 0 unspecified atom stereocenters. The minimum atomic E-state index is 0.829. The van der Waals surface area contributed by atoms with E-state index in [9.17, 15) is 0 Å². The van der Waals surface area contributed by atoms with Crippen LogP contribution in [0.1, 0.15) is 11.1 Å². The first-order chi connectivity index (χ1) is 16.8. The van der Waals surface area contributed by atoms with Crippen molar-refractivity contribution in [3.8, 4) is 33.6 Å². The minimum Gasteiger partial charge on any atom is -0.251 e. The molecule has 3 heteroatoms. The van der Waals surface area contributed by atoms with Gasteiger partial charge in [0.1, 0.15) is 0 Å². The molecule has 2 nitrogen and oxygen atoms in total. The molecule has 1 aromatic heterocycles. The lowest BCUT2D eigenvalue weighted by Crippen LogP contribution is -2.13. The first-order valence-corrected chi connectivity index (χ1v) is 12.4. The molecule has 0 fully saturated rings. The molecule has 0 atom stereocenters. The zero-order valence-corrected chi connectivity index (χ0v) is 20.6. The first kappa shape index (κ1) is 21.0. The van der Waals surface area contributed by atoms with Crippen molar-refractivity contribution in [3.63, 3.8) is 0 Å². The van der Waals surface area contributed by atoms with Crippen molar-refractivity contribution in [1.29, 1.82) is 0 Å². The molecule has 0 saturated heterocycles. The molecule has 0 radical (unpaired) electrons. The summed E-state index contributed by atoms with van der Waals surface area (Å²) >= 11 is 2.36. The average Bonchev–Trinajstić information content (AvgIpc) is 2.90. The maximum absolute atomic E-state index is 5.11. The van der Waals surface area contributed by atoms with E-state index in [1.165, 1.54) is 22.3 Å². The predicted octanol–water partition coefficient (Wildman–Crippen LogP) is 8.36. The van der Waals surface area contributed by atoms with E-state index in [0.29, 0.717) is 0 Å². The topological polar surface area (TPSA) is 25.2 Å². The lowest BCUT2D eigenvalue weighted by Gasteiger charge is -2.22. The summed E-state index contributed by atoms with van der Waals surface area (Å²) in [6.07, 6.45) is 0.829. The van der Waals surface area contributed by atoms with E-state index in [2.05, 4.69) is 114 Å². The molecule has 1 heterocycles. The van der Waals surface area contributed by atoms with Crippen LogP contribution in [0.3, 0.4) is 0 Å². The van der Waals surface area contributed by atoms with Crippen LogP contribution in [0.25, 0.3) is 33.6 Å². The molecule has 0 saturated carbocycles. The van der Waals surface area contributed by atoms with E-state index in [0.717, 1.165) is 43.9 Å². The van der Waals surface area contributed by atoms with Crippen LogP contribution in [0.2, 0.25) is 0 Å². The van der Waals surface area contributed by atoms with Crippen molar-refractivity contribution in [2.45, 2.75) is 6.42 Å². The zero-order chi connectivity index (χ0) is 22.9. The van der Waals surface area contributed by atoms with Crippen molar-refractivity contribution in [1.82, 2.24) is 4.98 Å². The standard InChI is InChI=1S/C31H21IN2/c32-27-13-6-7-14-30(27)34-31-20-22-11-4-5-12-24(22)26-19-23(17-18-25(26)31)29-16-8-15-28(33-29)21-9-2-1-3-10-21/h1-19H,20H2. The van der Waals surface area contributed by atoms with Gasteiger partial charge in [0.2, 0.25) is 0 Å². The number of benzene rings is 4. The molecule has 5 aromatic rings. The maximum atomic E-state index is 5.11. The maximum Gasteiger partial charge on any atom is 0.0766 e. The molecule has 1 aliphatic carbocycles. The SMILES string of the molecule is Ic1ccccc1N=C1Cc2ccccc2-c2cc(-c3cccc(-c4ccccc4)n3)ccc21. The first-order valence-electron chi connectivity index (χ1n) is 11.3. The fourth-order valence-electron chi connectivity index (χ4n) is 4.54. The molecular formula is C31H21IN2. The highest BCUT2D eigenvalue weighted by Crippen LogP contribution is 2.37. The summed E-state index contributed by atoms with van der Waals surface area (Å²) in [5.74, 6) is 0. The molecular weight excluding hydrogens is 527 g/mol. The van der Waals surface area contributed by atoms with E-state index >= 15 is 0 Å². The molecule has 0 N–H and O–H groups in total. The van der Waals surface area contributed by atoms with Crippen LogP contribution < -0.4 is 0 Å². The fourth-order valence-corrected chi connectivity index (χ4v) is 5.05. The van der Waals surface area contributed by atoms with Gasteiger partial charge in [0, 0.05) is 26.7 Å². The Morgan fingerprint density at radius 3 is 2.18 bits per heavy atom. The van der Waals surface area contributed by atoms with Gasteiger partial charge in [-0.1, -0.05) is 84.9 Å². The molecule has 34 heavy (non-hydrogen) atoms. The lowest BCUT2D eigenvalue weighted by atomic mass is 9.83. The highest BCUT2D eigenvalue weighted by Gasteiger charge is 2.22. The average molecular weight is 548 g/mol. The van der Waals surface area contributed by atoms with Crippen LogP contribution in [0.15, 0.2) is 120 Å². The van der Waals surface area contributed by atoms with Gasteiger partial charge in [0.05, 0.1) is 22.8 Å². The Hall–Kier alpha value is -3.57. The summed E-state index contributed by atoms with van der Waals surface area (Å²) in [5.41, 5.74) is 11.3. The quantitative estimate of drug-likeness (QED) is 0.208. The number of hydrogen-bond donors (Lipinski definition) is 0. The molecule has 0 amide bonds.